The predicted molar refractivity (Wildman–Crippen MR) is 490 cm³/mol. The first-order chi connectivity index (χ1) is 63.0. The molecule has 15 aromatic heterocycles. The van der Waals surface area contributed by atoms with Crippen LogP contribution in [-0.2, 0) is 6.18 Å². The number of aliphatic hydroxyl groups excluding tert-OH is 1. The van der Waals surface area contributed by atoms with Crippen molar-refractivity contribution in [2.75, 3.05) is 39.8 Å². The van der Waals surface area contributed by atoms with Crippen molar-refractivity contribution in [3.63, 3.8) is 0 Å². The van der Waals surface area contributed by atoms with Crippen LogP contribution in [0.3, 0.4) is 0 Å². The summed E-state index contributed by atoms with van der Waals surface area (Å²) in [6.45, 7) is 0.0205. The van der Waals surface area contributed by atoms with Gasteiger partial charge in [-0.15, -0.1) is 0 Å². The molecule has 0 aliphatic rings. The number of fused-ring (bicyclic) bond motifs is 5. The minimum absolute atomic E-state index is 0.0883. The molecule has 31 heteroatoms. The van der Waals surface area contributed by atoms with E-state index in [1.54, 1.807) is 172 Å². The molecule has 5 aromatic carbocycles. The Morgan fingerprint density at radius 2 is 0.667 bits per heavy atom. The summed E-state index contributed by atoms with van der Waals surface area (Å²) in [5, 5.41) is 30.8. The fourth-order valence-corrected chi connectivity index (χ4v) is 13.7. The summed E-state index contributed by atoms with van der Waals surface area (Å²) >= 11 is 12.2. The third kappa shape index (κ3) is 21.6. The van der Waals surface area contributed by atoms with Crippen molar-refractivity contribution in [2.45, 2.75) is 6.18 Å². The Balaban J connectivity index is 0.000000118. The predicted octanol–water partition coefficient (Wildman–Crippen LogP) is 24.4. The van der Waals surface area contributed by atoms with Crippen LogP contribution in [0.5, 0.6) is 5.75 Å². The average molecular weight is 1760 g/mol. The Morgan fingerprint density at radius 3 is 1.09 bits per heavy atom. The number of nitrogens with one attached hydrogen (secondary N) is 5. The Labute approximate surface area is 740 Å². The summed E-state index contributed by atoms with van der Waals surface area (Å²) in [5.41, 5.74) is 14.4. The Bertz CT molecular complexity index is 7350. The molecule has 22 nitrogen and oxygen atoms in total. The van der Waals surface area contributed by atoms with Gasteiger partial charge in [0.1, 0.15) is 29.9 Å². The highest BCUT2D eigenvalue weighted by molar-refractivity contribution is 6.31. The number of anilines is 10. The van der Waals surface area contributed by atoms with Crippen LogP contribution in [0.1, 0.15) is 5.56 Å². The van der Waals surface area contributed by atoms with E-state index in [4.69, 9.17) is 33.0 Å². The fourth-order valence-electron chi connectivity index (χ4n) is 13.3. The quantitative estimate of drug-likeness (QED) is 0.0435. The van der Waals surface area contributed by atoms with Gasteiger partial charge < -0.3 is 36.4 Å². The average Bonchev–Trinajstić information content (AvgIpc) is 0.798. The van der Waals surface area contributed by atoms with Gasteiger partial charge in [0.2, 0.25) is 0 Å². The maximum absolute atomic E-state index is 14.4. The number of alkyl halides is 3. The number of pyridine rings is 15. The molecule has 20 aromatic rings. The van der Waals surface area contributed by atoms with E-state index in [1.807, 2.05) is 115 Å². The van der Waals surface area contributed by atoms with E-state index < -0.39 is 29.2 Å². The number of rotatable bonds is 18. The highest BCUT2D eigenvalue weighted by Crippen LogP contribution is 2.40. The lowest BCUT2D eigenvalue weighted by Gasteiger charge is -2.15. The fraction of sp³-hybridized carbons (Fsp3) is 0.0306. The van der Waals surface area contributed by atoms with Crippen LogP contribution in [-0.4, -0.2) is 93.1 Å². The SMILES string of the molecule is Clc1cccc(-c2cc(Nc3ccncc3)c3cccnc3n2)c1.FC(F)(F)c1cccc(-c2cc(Nc3ccncc3)c3cccnc3n2)c1.Fc1ccc(F)c(-c2cc(Nc3ccncc3)c3cccnc3n2)c1.Fc1ccccc1-c1cc(Nc2ccncc2)c2cccnc2n1.OCCOc1cnccc1Nc1cc(-c2cc(Cl)ccc2F)nc2ncccc12. The summed E-state index contributed by atoms with van der Waals surface area (Å²) in [4.78, 5) is 64.1. The number of hydrogen-bond acceptors (Lipinski definition) is 22. The summed E-state index contributed by atoms with van der Waals surface area (Å²) in [6, 6.07) is 71.1. The molecular weight excluding hydrogens is 1690 g/mol. The molecule has 15 heterocycles. The zero-order valence-electron chi connectivity index (χ0n) is 67.3. The van der Waals surface area contributed by atoms with Gasteiger partial charge in [0.15, 0.2) is 34.0 Å². The molecule has 0 aliphatic heterocycles. The van der Waals surface area contributed by atoms with Gasteiger partial charge in [-0.25, -0.2) is 67.4 Å². The van der Waals surface area contributed by atoms with E-state index in [0.29, 0.717) is 101 Å². The first-order valence-corrected chi connectivity index (χ1v) is 40.2. The molecule has 634 valence electrons. The van der Waals surface area contributed by atoms with Crippen molar-refractivity contribution in [1.29, 1.82) is 0 Å². The highest BCUT2D eigenvalue weighted by atomic mass is 35.5. The molecule has 20 rings (SSSR count). The van der Waals surface area contributed by atoms with E-state index >= 15 is 0 Å². The third-order valence-corrected chi connectivity index (χ3v) is 19.8. The van der Waals surface area contributed by atoms with E-state index in [2.05, 4.69) is 101 Å². The molecule has 0 fully saturated rings. The third-order valence-electron chi connectivity index (χ3n) is 19.3. The molecule has 0 bridgehead atoms. The molecule has 0 saturated carbocycles. The summed E-state index contributed by atoms with van der Waals surface area (Å²) < 4.78 is 101. The lowest BCUT2D eigenvalue weighted by atomic mass is 10.1. The molecule has 0 amide bonds. The first kappa shape index (κ1) is 86.0. The van der Waals surface area contributed by atoms with Crippen LogP contribution in [0.4, 0.5) is 87.6 Å². The molecule has 0 aliphatic carbocycles. The molecular formula is C98H67Cl2F7N20O2. The summed E-state index contributed by atoms with van der Waals surface area (Å²) in [5.74, 6) is -1.33. The van der Waals surface area contributed by atoms with Crippen molar-refractivity contribution in [1.82, 2.24) is 74.8 Å². The van der Waals surface area contributed by atoms with Gasteiger partial charge in [0.25, 0.3) is 0 Å². The largest absolute Gasteiger partial charge is 0.487 e. The lowest BCUT2D eigenvalue weighted by Crippen LogP contribution is -2.05. The van der Waals surface area contributed by atoms with Crippen molar-refractivity contribution >= 4 is 135 Å². The van der Waals surface area contributed by atoms with Crippen molar-refractivity contribution in [2.24, 2.45) is 0 Å². The van der Waals surface area contributed by atoms with Gasteiger partial charge in [-0.3, -0.25) is 24.9 Å². The maximum Gasteiger partial charge on any atom is 0.416 e. The van der Waals surface area contributed by atoms with Gasteiger partial charge in [-0.1, -0.05) is 59.6 Å². The second kappa shape index (κ2) is 40.4. The number of aliphatic hydroxyl groups is 1. The molecule has 0 atom stereocenters. The summed E-state index contributed by atoms with van der Waals surface area (Å²) in [7, 11) is 0. The minimum atomic E-state index is -4.41. The van der Waals surface area contributed by atoms with Gasteiger partial charge in [-0.2, -0.15) is 13.2 Å². The van der Waals surface area contributed by atoms with Crippen LogP contribution in [0.15, 0.2) is 348 Å². The lowest BCUT2D eigenvalue weighted by molar-refractivity contribution is -0.137. The normalized spacial score (nSPS) is 10.9. The molecule has 129 heavy (non-hydrogen) atoms. The monoisotopic (exact) mass is 1760 g/mol. The molecule has 6 N–H and O–H groups in total. The van der Waals surface area contributed by atoms with E-state index in [1.165, 1.54) is 30.3 Å². The van der Waals surface area contributed by atoms with Crippen LogP contribution < -0.4 is 31.3 Å². The van der Waals surface area contributed by atoms with Gasteiger partial charge >= 0.3 is 6.18 Å². The van der Waals surface area contributed by atoms with Crippen LogP contribution in [0, 0.1) is 23.3 Å². The van der Waals surface area contributed by atoms with Gasteiger partial charge in [0, 0.05) is 174 Å². The van der Waals surface area contributed by atoms with Gasteiger partial charge in [-0.05, 0) is 218 Å². The Kier molecular flexibility index (Phi) is 27.0. The standard InChI is InChI=1S/C21H16ClFN4O2.C20H13F3N4.C19H13ClN4.C19H12F2N4.C19H13FN4/c22-13-3-4-16(23)15(10-13)19-11-18(14-2-1-6-25-21(14)27-19)26-17-5-7-24-12-20(17)29-9-8-28;21-20(22,23)14-4-1-3-13(11-14)17-12-18(26-15-6-9-24-10-7-15)16-5-2-8-25-19(16)27-17;20-14-4-1-3-13(11-14)17-12-18(23-15-6-9-21-10-7-15)16-5-2-8-22-19(16)24-17;20-12-3-4-16(21)15(10-12)18-11-17(24-13-5-8-22-9-6-13)14-2-1-7-23-19(14)25-18;20-16-6-2-1-4-14(16)17-12-18(23-13-7-10-21-11-8-13)15-5-3-9-22-19(15)24-17/h1-7,10-12,28H,8-9H2,(H,24,25,26,27);1-12H,(H,24,25,26,27);1-12H,(H,21,22,23,24);1-11H,(H,22,23,24,25);1-12H,(H,21,22,23,24). The first-order valence-electron chi connectivity index (χ1n) is 39.5. The number of halogens is 9. The van der Waals surface area contributed by atoms with E-state index in [-0.39, 0.29) is 30.2 Å². The molecule has 0 radical (unpaired) electrons. The number of benzene rings is 5. The summed E-state index contributed by atoms with van der Waals surface area (Å²) in [6.07, 6.45) is 20.6. The molecule has 0 unspecified atom stereocenters. The van der Waals surface area contributed by atoms with E-state index in [0.717, 1.165) is 103 Å². The van der Waals surface area contributed by atoms with Crippen molar-refractivity contribution < 1.29 is 40.6 Å². The number of aromatic nitrogens is 15. The second-order valence-corrected chi connectivity index (χ2v) is 28.9. The van der Waals surface area contributed by atoms with Crippen molar-refractivity contribution in [3.05, 3.63) is 387 Å². The maximum atomic E-state index is 14.4. The zero-order chi connectivity index (χ0) is 89.0. The highest BCUT2D eigenvalue weighted by Gasteiger charge is 2.31. The Morgan fingerprint density at radius 1 is 0.302 bits per heavy atom. The molecule has 0 saturated heterocycles. The van der Waals surface area contributed by atoms with Crippen LogP contribution >= 0.6 is 23.2 Å². The second-order valence-electron chi connectivity index (χ2n) is 28.0. The Hall–Kier alpha value is -16.5. The van der Waals surface area contributed by atoms with Gasteiger partial charge in [0.05, 0.1) is 81.0 Å². The topological polar surface area (TPSA) is 283 Å². The van der Waals surface area contributed by atoms with Crippen LogP contribution in [0.25, 0.3) is 111 Å². The van der Waals surface area contributed by atoms with Crippen molar-refractivity contribution in [3.8, 4) is 62.0 Å². The van der Waals surface area contributed by atoms with Crippen LogP contribution in [0.2, 0.25) is 10.0 Å². The smallest absolute Gasteiger partial charge is 0.416 e. The number of hydrogen-bond donors (Lipinski definition) is 6. The zero-order valence-corrected chi connectivity index (χ0v) is 68.8. The minimum Gasteiger partial charge on any atom is -0.487 e. The molecule has 0 spiro atoms. The number of ether oxygens (including phenoxy) is 1. The number of nitrogens with zero attached hydrogens (tertiary/aromatic N) is 15. The van der Waals surface area contributed by atoms with E-state index in [9.17, 15) is 30.7 Å².